The van der Waals surface area contributed by atoms with Crippen molar-refractivity contribution in [3.63, 3.8) is 0 Å². The van der Waals surface area contributed by atoms with Crippen LogP contribution in [0.4, 0.5) is 70.2 Å². The van der Waals surface area contributed by atoms with E-state index in [2.05, 4.69) is 46.5 Å². The summed E-state index contributed by atoms with van der Waals surface area (Å²) in [5.41, 5.74) is 3.99. The third kappa shape index (κ3) is 18.9. The van der Waals surface area contributed by atoms with E-state index < -0.39 is 50.6 Å². The molecule has 0 unspecified atom stereocenters. The Labute approximate surface area is 399 Å². The number of nitrogens with zero attached hydrogens (tertiary/aromatic N) is 7. The van der Waals surface area contributed by atoms with Crippen molar-refractivity contribution >= 4 is 75.8 Å². The standard InChI is InChI=1S/C21H27FN6O5.C16H15FN6O4S.C6H13NO/c1-21(2,3)33-20(30)26-15-9-4-12(22)10-16(15)25-19-23-11-17(28(31)32)18(27-19)24-13-5-7-14(29)8-6-13;1-16(2,3)27-15(24)21-10-5-4-9(17)6-11(10)20-14-19-7-12(23(25)26)13(22-14)28-8-18;7-5-1-3-6(8)4-2-5/h4,9-11,13-14,29H,5-8H2,1-3H3,(H,26,30)(H2,23,24,25,27);4-7H,1-3H3,(H,21,24)(H,19,20,22);5-6,8H,1-4,7H2. The summed E-state index contributed by atoms with van der Waals surface area (Å²) in [5, 5.41) is 64.9. The number of aliphatic hydroxyl groups excluding tert-OH is 2. The van der Waals surface area contributed by atoms with Gasteiger partial charge >= 0.3 is 23.6 Å². The summed E-state index contributed by atoms with van der Waals surface area (Å²) in [6, 6.07) is 7.43. The van der Waals surface area contributed by atoms with E-state index in [1.54, 1.807) is 46.9 Å². The minimum Gasteiger partial charge on any atom is -0.444 e. The number of benzene rings is 2. The van der Waals surface area contributed by atoms with Crippen LogP contribution >= 0.6 is 11.8 Å². The third-order valence-corrected chi connectivity index (χ3v) is 10.1. The molecular weight excluding hydrogens is 929 g/mol. The van der Waals surface area contributed by atoms with Crippen molar-refractivity contribution < 1.29 is 47.9 Å². The van der Waals surface area contributed by atoms with E-state index in [0.29, 0.717) is 43.5 Å². The zero-order valence-electron chi connectivity index (χ0n) is 38.6. The number of hydrogen-bond acceptors (Lipinski definition) is 20. The van der Waals surface area contributed by atoms with Gasteiger partial charge in [0, 0.05) is 23.8 Å². The summed E-state index contributed by atoms with van der Waals surface area (Å²) in [4.78, 5) is 61.1. The minimum absolute atomic E-state index is 0.0111. The molecule has 0 aliphatic heterocycles. The molecule has 69 heavy (non-hydrogen) atoms. The number of rotatable bonds is 11. The van der Waals surface area contributed by atoms with Crippen molar-refractivity contribution in [3.05, 3.63) is 80.7 Å². The molecule has 6 rings (SSSR count). The summed E-state index contributed by atoms with van der Waals surface area (Å²) in [7, 11) is 0. The number of ether oxygens (including phenoxy) is 2. The molecule has 372 valence electrons. The molecule has 0 spiro atoms. The summed E-state index contributed by atoms with van der Waals surface area (Å²) >= 11 is 0.488. The second-order valence-electron chi connectivity index (χ2n) is 17.6. The van der Waals surface area contributed by atoms with E-state index in [1.165, 1.54) is 18.2 Å². The van der Waals surface area contributed by atoms with Crippen molar-refractivity contribution in [2.75, 3.05) is 26.6 Å². The Kier molecular flexibility index (Phi) is 19.6. The summed E-state index contributed by atoms with van der Waals surface area (Å²) < 4.78 is 37.9. The van der Waals surface area contributed by atoms with Crippen molar-refractivity contribution in [1.29, 1.82) is 5.26 Å². The molecule has 2 aliphatic rings. The number of anilines is 7. The number of nitriles is 1. The molecule has 4 aromatic rings. The number of carbonyl (C=O) groups is 2. The molecule has 2 aromatic heterocycles. The Morgan fingerprint density at radius 1 is 0.739 bits per heavy atom. The van der Waals surface area contributed by atoms with E-state index in [0.717, 1.165) is 56.3 Å². The van der Waals surface area contributed by atoms with Gasteiger partial charge in [0.1, 0.15) is 40.6 Å². The van der Waals surface area contributed by atoms with Gasteiger partial charge in [-0.05, 0) is 129 Å². The van der Waals surface area contributed by atoms with Gasteiger partial charge in [0.05, 0.1) is 44.8 Å². The third-order valence-electron chi connectivity index (χ3n) is 9.55. The summed E-state index contributed by atoms with van der Waals surface area (Å²) in [6.07, 6.45) is 6.32. The second-order valence-corrected chi connectivity index (χ2v) is 18.4. The first kappa shape index (κ1) is 54.5. The molecule has 2 aliphatic carbocycles. The lowest BCUT2D eigenvalue weighted by atomic mass is 9.93. The van der Waals surface area contributed by atoms with E-state index in [1.807, 2.05) is 0 Å². The lowest BCUT2D eigenvalue weighted by Gasteiger charge is -2.26. The molecule has 0 radical (unpaired) electrons. The number of amides is 2. The number of thioether (sulfide) groups is 1. The molecule has 26 heteroatoms. The maximum Gasteiger partial charge on any atom is 0.412 e. The molecule has 2 amide bonds. The average Bonchev–Trinajstić information content (AvgIpc) is 3.24. The van der Waals surface area contributed by atoms with Crippen molar-refractivity contribution in [3.8, 4) is 5.40 Å². The number of thiocyanates is 1. The molecule has 0 saturated heterocycles. The van der Waals surface area contributed by atoms with Crippen LogP contribution in [0.25, 0.3) is 0 Å². The van der Waals surface area contributed by atoms with Gasteiger partial charge in [-0.1, -0.05) is 0 Å². The van der Waals surface area contributed by atoms with E-state index >= 15 is 0 Å². The number of nitrogens with two attached hydrogens (primary N) is 1. The molecule has 2 saturated carbocycles. The Morgan fingerprint density at radius 3 is 1.59 bits per heavy atom. The first-order chi connectivity index (χ1) is 32.4. The molecule has 2 aromatic carbocycles. The topological polar surface area (TPSA) is 341 Å². The zero-order chi connectivity index (χ0) is 51.1. The van der Waals surface area contributed by atoms with Gasteiger partial charge in [-0.3, -0.25) is 30.9 Å². The molecular formula is C43H55F2N13O10S. The lowest BCUT2D eigenvalue weighted by Crippen LogP contribution is -2.29. The van der Waals surface area contributed by atoms with Crippen LogP contribution in [0.5, 0.6) is 0 Å². The number of carbonyl (C=O) groups excluding carboxylic acids is 2. The fraction of sp³-hybridized carbons (Fsp3) is 0.465. The molecule has 2 fully saturated rings. The zero-order valence-corrected chi connectivity index (χ0v) is 39.4. The highest BCUT2D eigenvalue weighted by molar-refractivity contribution is 8.03. The second kappa shape index (κ2) is 24.8. The first-order valence-electron chi connectivity index (χ1n) is 21.5. The molecule has 0 atom stereocenters. The number of aliphatic hydroxyl groups is 2. The van der Waals surface area contributed by atoms with Crippen LogP contribution in [-0.2, 0) is 9.47 Å². The Morgan fingerprint density at radius 2 is 1.17 bits per heavy atom. The number of hydrogen-bond donors (Lipinski definition) is 8. The highest BCUT2D eigenvalue weighted by Crippen LogP contribution is 2.32. The number of nitrogens with one attached hydrogen (secondary N) is 5. The minimum atomic E-state index is -0.757. The quantitative estimate of drug-likeness (QED) is 0.0229. The van der Waals surface area contributed by atoms with Gasteiger partial charge in [0.2, 0.25) is 17.7 Å². The van der Waals surface area contributed by atoms with Crippen molar-refractivity contribution in [1.82, 2.24) is 19.9 Å². The van der Waals surface area contributed by atoms with E-state index in [-0.39, 0.29) is 69.4 Å². The predicted octanol–water partition coefficient (Wildman–Crippen LogP) is 8.77. The average molecular weight is 984 g/mol. The molecule has 0 bridgehead atoms. The smallest absolute Gasteiger partial charge is 0.412 e. The van der Waals surface area contributed by atoms with Gasteiger partial charge in [0.15, 0.2) is 5.03 Å². The van der Waals surface area contributed by atoms with Crippen LogP contribution in [0.15, 0.2) is 53.8 Å². The summed E-state index contributed by atoms with van der Waals surface area (Å²) in [5.74, 6) is -1.33. The normalized spacial score (nSPS) is 17.7. The summed E-state index contributed by atoms with van der Waals surface area (Å²) in [6.45, 7) is 10.2. The molecule has 23 nitrogen and oxygen atoms in total. The number of nitro groups is 2. The maximum atomic E-state index is 13.9. The van der Waals surface area contributed by atoms with Gasteiger partial charge in [-0.15, -0.1) is 0 Å². The van der Waals surface area contributed by atoms with Crippen molar-refractivity contribution in [2.45, 2.75) is 133 Å². The van der Waals surface area contributed by atoms with E-state index in [9.17, 15) is 43.7 Å². The van der Waals surface area contributed by atoms with Gasteiger partial charge in [-0.2, -0.15) is 15.2 Å². The number of halogens is 2. The SMILES string of the molecule is CC(C)(C)OC(=O)Nc1ccc(F)cc1Nc1ncc([N+](=O)[O-])c(NC2CCC(O)CC2)n1.CC(C)(C)OC(=O)Nc1ccc(F)cc1Nc1ncc([N+](=O)[O-])c(SC#N)n1.NC1CCC(O)CC1. The van der Waals surface area contributed by atoms with Gasteiger partial charge in [-0.25, -0.2) is 28.3 Å². The van der Waals surface area contributed by atoms with Gasteiger partial charge in [0.25, 0.3) is 0 Å². The Bertz CT molecular complexity index is 2460. The van der Waals surface area contributed by atoms with E-state index in [4.69, 9.17) is 25.6 Å². The lowest BCUT2D eigenvalue weighted by molar-refractivity contribution is -0.388. The fourth-order valence-electron chi connectivity index (χ4n) is 6.38. The molecule has 9 N–H and O–H groups in total. The molecule has 2 heterocycles. The van der Waals surface area contributed by atoms with Crippen molar-refractivity contribution in [2.24, 2.45) is 5.73 Å². The highest BCUT2D eigenvalue weighted by atomic mass is 32.2. The Balaban J connectivity index is 0.000000261. The Hall–Kier alpha value is -7.08. The first-order valence-corrected chi connectivity index (χ1v) is 22.3. The maximum absolute atomic E-state index is 13.9. The van der Waals surface area contributed by atoms with Crippen LogP contribution in [-0.4, -0.2) is 87.7 Å². The highest BCUT2D eigenvalue weighted by Gasteiger charge is 2.26. The largest absolute Gasteiger partial charge is 0.444 e. The van der Waals surface area contributed by atoms with Crippen LogP contribution < -0.4 is 32.3 Å². The predicted molar refractivity (Wildman–Crippen MR) is 252 cm³/mol. The van der Waals surface area contributed by atoms with Gasteiger partial charge < -0.3 is 41.4 Å². The van der Waals surface area contributed by atoms with Crippen LogP contribution in [0, 0.1) is 42.5 Å². The van der Waals surface area contributed by atoms with Crippen LogP contribution in [0.2, 0.25) is 0 Å². The monoisotopic (exact) mass is 983 g/mol. The fourth-order valence-corrected chi connectivity index (χ4v) is 6.83. The number of aromatic nitrogens is 4. The van der Waals surface area contributed by atoms with Crippen LogP contribution in [0.1, 0.15) is 92.9 Å². The van der Waals surface area contributed by atoms with Crippen LogP contribution in [0.3, 0.4) is 0 Å².